The fourth-order valence-electron chi connectivity index (χ4n) is 2.05. The van der Waals surface area contributed by atoms with Gasteiger partial charge in [-0.15, -0.1) is 6.42 Å². The molecule has 0 heterocycles. The largest absolute Gasteiger partial charge is 0.490 e. The van der Waals surface area contributed by atoms with Crippen molar-refractivity contribution in [3.05, 3.63) is 51.5 Å². The van der Waals surface area contributed by atoms with Crippen molar-refractivity contribution in [2.24, 2.45) is 4.99 Å². The maximum Gasteiger partial charge on any atom is 0.181 e. The number of aryl methyl sites for hydroxylation is 1. The maximum atomic E-state index is 6.29. The van der Waals surface area contributed by atoms with Gasteiger partial charge in [-0.25, -0.2) is 0 Å². The number of hydrogen-bond donors (Lipinski definition) is 0. The quantitative estimate of drug-likeness (QED) is 0.504. The van der Waals surface area contributed by atoms with E-state index in [-0.39, 0.29) is 6.61 Å². The summed E-state index contributed by atoms with van der Waals surface area (Å²) in [6, 6.07) is 9.12. The molecule has 2 aromatic rings. The molecule has 0 spiro atoms. The molecule has 0 saturated heterocycles. The lowest BCUT2D eigenvalue weighted by atomic mass is 10.2. The summed E-state index contributed by atoms with van der Waals surface area (Å²) in [5.74, 6) is 3.38. The molecule has 0 N–H and O–H groups in total. The summed E-state index contributed by atoms with van der Waals surface area (Å²) >= 11 is 12.3. The number of nitrogens with zero attached hydrogens (tertiary/aromatic N) is 1. The summed E-state index contributed by atoms with van der Waals surface area (Å²) in [6.45, 7) is 4.46. The number of aliphatic imine (C=N–C) groups is 1. The van der Waals surface area contributed by atoms with Crippen LogP contribution in [-0.2, 0) is 0 Å². The standard InChI is InChI=1S/C19H17Cl2NO2/c1-4-8-24-19-16(21)9-14(10-18(19)23-5-2)12-22-17-11-15(20)7-6-13(17)3/h1,6-7,9-12H,5,8H2,2-3H3. The fourth-order valence-corrected chi connectivity index (χ4v) is 2.49. The average molecular weight is 362 g/mol. The summed E-state index contributed by atoms with van der Waals surface area (Å²) in [5.41, 5.74) is 2.61. The Balaban J connectivity index is 2.35. The van der Waals surface area contributed by atoms with Crippen molar-refractivity contribution in [1.29, 1.82) is 0 Å². The van der Waals surface area contributed by atoms with Crippen LogP contribution in [0.3, 0.4) is 0 Å². The van der Waals surface area contributed by atoms with Gasteiger partial charge in [-0.3, -0.25) is 4.99 Å². The van der Waals surface area contributed by atoms with Crippen molar-refractivity contribution in [1.82, 2.24) is 0 Å². The normalized spacial score (nSPS) is 10.6. The predicted molar refractivity (Wildman–Crippen MR) is 100 cm³/mol. The van der Waals surface area contributed by atoms with Gasteiger partial charge in [0.1, 0.15) is 6.61 Å². The van der Waals surface area contributed by atoms with E-state index in [1.807, 2.05) is 38.1 Å². The summed E-state index contributed by atoms with van der Waals surface area (Å²) in [7, 11) is 0. The van der Waals surface area contributed by atoms with E-state index in [2.05, 4.69) is 10.9 Å². The van der Waals surface area contributed by atoms with Crippen LogP contribution in [0.25, 0.3) is 0 Å². The number of ether oxygens (including phenoxy) is 2. The molecule has 3 nitrogen and oxygen atoms in total. The van der Waals surface area contributed by atoms with Crippen molar-refractivity contribution in [2.45, 2.75) is 13.8 Å². The molecule has 0 aliphatic heterocycles. The topological polar surface area (TPSA) is 30.8 Å². The van der Waals surface area contributed by atoms with E-state index in [0.29, 0.717) is 28.2 Å². The first-order valence-electron chi connectivity index (χ1n) is 7.38. The highest BCUT2D eigenvalue weighted by atomic mass is 35.5. The van der Waals surface area contributed by atoms with Crippen LogP contribution in [0.5, 0.6) is 11.5 Å². The van der Waals surface area contributed by atoms with E-state index in [9.17, 15) is 0 Å². The monoisotopic (exact) mass is 361 g/mol. The van der Waals surface area contributed by atoms with Crippen LogP contribution in [0, 0.1) is 19.3 Å². The molecular weight excluding hydrogens is 345 g/mol. The van der Waals surface area contributed by atoms with Gasteiger partial charge in [0.15, 0.2) is 11.5 Å². The van der Waals surface area contributed by atoms with Gasteiger partial charge in [0, 0.05) is 11.2 Å². The molecule has 5 heteroatoms. The van der Waals surface area contributed by atoms with Gasteiger partial charge in [-0.1, -0.05) is 35.2 Å². The zero-order valence-electron chi connectivity index (χ0n) is 13.5. The highest BCUT2D eigenvalue weighted by Gasteiger charge is 2.12. The van der Waals surface area contributed by atoms with E-state index in [0.717, 1.165) is 16.8 Å². The Bertz CT molecular complexity index is 795. The number of benzene rings is 2. The van der Waals surface area contributed by atoms with E-state index in [4.69, 9.17) is 39.1 Å². The van der Waals surface area contributed by atoms with Crippen LogP contribution in [0.15, 0.2) is 35.3 Å². The van der Waals surface area contributed by atoms with Crippen LogP contribution in [0.1, 0.15) is 18.1 Å². The third kappa shape index (κ3) is 4.67. The third-order valence-electron chi connectivity index (χ3n) is 3.16. The number of rotatable bonds is 6. The lowest BCUT2D eigenvalue weighted by molar-refractivity contribution is 0.299. The van der Waals surface area contributed by atoms with Crippen molar-refractivity contribution >= 4 is 35.1 Å². The van der Waals surface area contributed by atoms with E-state index < -0.39 is 0 Å². The Kier molecular flexibility index (Phi) is 6.54. The third-order valence-corrected chi connectivity index (χ3v) is 3.67. The van der Waals surface area contributed by atoms with Gasteiger partial charge >= 0.3 is 0 Å². The Morgan fingerprint density at radius 1 is 1.21 bits per heavy atom. The van der Waals surface area contributed by atoms with E-state index in [1.165, 1.54) is 0 Å². The molecule has 0 saturated carbocycles. The highest BCUT2D eigenvalue weighted by Crippen LogP contribution is 2.36. The minimum absolute atomic E-state index is 0.120. The second-order valence-electron chi connectivity index (χ2n) is 4.94. The molecule has 0 fully saturated rings. The second-order valence-corrected chi connectivity index (χ2v) is 5.79. The van der Waals surface area contributed by atoms with Gasteiger partial charge in [-0.2, -0.15) is 0 Å². The first kappa shape index (κ1) is 18.2. The van der Waals surface area contributed by atoms with Crippen molar-refractivity contribution in [3.8, 4) is 23.8 Å². The molecule has 0 amide bonds. The summed E-state index contributed by atoms with van der Waals surface area (Å²) in [5, 5.41) is 1.05. The van der Waals surface area contributed by atoms with Crippen molar-refractivity contribution in [3.63, 3.8) is 0 Å². The average Bonchev–Trinajstić information content (AvgIpc) is 2.55. The van der Waals surface area contributed by atoms with E-state index in [1.54, 1.807) is 12.3 Å². The Hall–Kier alpha value is -2.15. The van der Waals surface area contributed by atoms with Crippen LogP contribution in [0.2, 0.25) is 10.0 Å². The molecule has 0 atom stereocenters. The lowest BCUT2D eigenvalue weighted by Crippen LogP contribution is -2.01. The number of terminal acetylenes is 1. The minimum Gasteiger partial charge on any atom is -0.490 e. The van der Waals surface area contributed by atoms with E-state index >= 15 is 0 Å². The molecule has 0 bridgehead atoms. The van der Waals surface area contributed by atoms with Crippen LogP contribution in [0.4, 0.5) is 5.69 Å². The Morgan fingerprint density at radius 3 is 2.71 bits per heavy atom. The SMILES string of the molecule is C#CCOc1c(Cl)cc(C=Nc2cc(Cl)ccc2C)cc1OCC. The first-order valence-corrected chi connectivity index (χ1v) is 8.13. The highest BCUT2D eigenvalue weighted by molar-refractivity contribution is 6.32. The van der Waals surface area contributed by atoms with Crippen LogP contribution >= 0.6 is 23.2 Å². The molecule has 24 heavy (non-hydrogen) atoms. The van der Waals surface area contributed by atoms with Crippen molar-refractivity contribution < 1.29 is 9.47 Å². The van der Waals surface area contributed by atoms with Gasteiger partial charge < -0.3 is 9.47 Å². The molecule has 0 radical (unpaired) electrons. The number of hydrogen-bond acceptors (Lipinski definition) is 3. The lowest BCUT2D eigenvalue weighted by Gasteiger charge is -2.13. The van der Waals surface area contributed by atoms with Gasteiger partial charge in [0.05, 0.1) is 17.3 Å². The summed E-state index contributed by atoms with van der Waals surface area (Å²) in [4.78, 5) is 4.47. The summed E-state index contributed by atoms with van der Waals surface area (Å²) in [6.07, 6.45) is 6.93. The minimum atomic E-state index is 0.120. The van der Waals surface area contributed by atoms with Gasteiger partial charge in [0.25, 0.3) is 0 Å². The zero-order chi connectivity index (χ0) is 17.5. The number of halogens is 2. The molecule has 2 rings (SSSR count). The molecule has 0 aromatic heterocycles. The predicted octanol–water partition coefficient (Wildman–Crippen LogP) is 5.46. The molecule has 2 aromatic carbocycles. The molecule has 124 valence electrons. The Morgan fingerprint density at radius 2 is 2.00 bits per heavy atom. The first-order chi connectivity index (χ1) is 11.5. The second kappa shape index (κ2) is 8.63. The van der Waals surface area contributed by atoms with Gasteiger partial charge in [-0.05, 0) is 49.2 Å². The zero-order valence-corrected chi connectivity index (χ0v) is 15.0. The molecule has 0 unspecified atom stereocenters. The van der Waals surface area contributed by atoms with Gasteiger partial charge in [0.2, 0.25) is 0 Å². The van der Waals surface area contributed by atoms with Crippen LogP contribution in [-0.4, -0.2) is 19.4 Å². The maximum absolute atomic E-state index is 6.29. The molecular formula is C19H17Cl2NO2. The van der Waals surface area contributed by atoms with Crippen molar-refractivity contribution in [2.75, 3.05) is 13.2 Å². The molecule has 0 aliphatic carbocycles. The Labute approximate surface area is 152 Å². The smallest absolute Gasteiger partial charge is 0.181 e. The van der Waals surface area contributed by atoms with Crippen LogP contribution < -0.4 is 9.47 Å². The molecule has 0 aliphatic rings. The fraction of sp³-hybridized carbons (Fsp3) is 0.211. The summed E-state index contributed by atoms with van der Waals surface area (Å²) < 4.78 is 11.1.